The number of hydrogen-bond acceptors (Lipinski definition) is 5. The highest BCUT2D eigenvalue weighted by Crippen LogP contribution is 2.06. The number of carbonyl (C=O) groups excluding carboxylic acids is 1. The van der Waals surface area contributed by atoms with Gasteiger partial charge < -0.3 is 10.5 Å². The summed E-state index contributed by atoms with van der Waals surface area (Å²) in [6, 6.07) is 0. The number of nitrogens with one attached hydrogen (secondary N) is 1. The van der Waals surface area contributed by atoms with Crippen LogP contribution in [0, 0.1) is 0 Å². The summed E-state index contributed by atoms with van der Waals surface area (Å²) in [5, 5.41) is 4.15. The Morgan fingerprint density at radius 2 is 1.88 bits per heavy atom. The third-order valence-corrected chi connectivity index (χ3v) is 3.20. The van der Waals surface area contributed by atoms with Crippen LogP contribution in [0.15, 0.2) is 46.2 Å². The van der Waals surface area contributed by atoms with E-state index in [4.69, 9.17) is 5.73 Å². The van der Waals surface area contributed by atoms with E-state index in [9.17, 15) is 13.2 Å². The zero-order valence-corrected chi connectivity index (χ0v) is 9.79. The lowest BCUT2D eigenvalue weighted by molar-refractivity contribution is -0.114. The minimum atomic E-state index is -2.91. The smallest absolute Gasteiger partial charge is 0.265 e. The van der Waals surface area contributed by atoms with E-state index in [-0.39, 0.29) is 0 Å². The molecule has 3 N–H and O–H groups in total. The summed E-state index contributed by atoms with van der Waals surface area (Å²) >= 11 is 1.33. The Labute approximate surface area is 97.8 Å². The van der Waals surface area contributed by atoms with Crippen LogP contribution in [0.1, 0.15) is 0 Å². The molecular formula is C9H10N2O3S2. The van der Waals surface area contributed by atoms with Gasteiger partial charge in [0.1, 0.15) is 5.70 Å². The van der Waals surface area contributed by atoms with Crippen molar-refractivity contribution < 1.29 is 13.2 Å². The molecule has 0 aromatic heterocycles. The fourth-order valence-corrected chi connectivity index (χ4v) is 2.02. The van der Waals surface area contributed by atoms with Crippen LogP contribution in [0.25, 0.3) is 0 Å². The van der Waals surface area contributed by atoms with Gasteiger partial charge in [-0.05, 0) is 35.6 Å². The first-order valence-electron chi connectivity index (χ1n) is 4.19. The number of rotatable bonds is 1. The maximum Gasteiger partial charge on any atom is 0.265 e. The second-order valence-corrected chi connectivity index (χ2v) is 5.17. The number of allylic oxidation sites excluding steroid dienone is 4. The average molecular weight is 258 g/mol. The molecule has 0 radical (unpaired) electrons. The Balaban J connectivity index is 0.000000165. The highest BCUT2D eigenvalue weighted by atomic mass is 32.2. The average Bonchev–Trinajstić information content (AvgIpc) is 2.65. The third kappa shape index (κ3) is 4.37. The summed E-state index contributed by atoms with van der Waals surface area (Å²) in [6.07, 6.45) is 6.39. The Morgan fingerprint density at radius 1 is 1.25 bits per heavy atom. The molecule has 0 spiro atoms. The molecule has 0 aromatic carbocycles. The second-order valence-electron chi connectivity index (χ2n) is 2.74. The van der Waals surface area contributed by atoms with Crippen LogP contribution in [0.4, 0.5) is 0 Å². The first-order chi connectivity index (χ1) is 7.51. The maximum atomic E-state index is 10.4. The predicted molar refractivity (Wildman–Crippen MR) is 64.3 cm³/mol. The van der Waals surface area contributed by atoms with Crippen molar-refractivity contribution in [1.82, 2.24) is 4.72 Å². The lowest BCUT2D eigenvalue weighted by Crippen LogP contribution is -2.22. The van der Waals surface area contributed by atoms with Crippen molar-refractivity contribution >= 4 is 27.7 Å². The summed E-state index contributed by atoms with van der Waals surface area (Å²) in [5.74, 6) is -0.424. The molecule has 2 aliphatic heterocycles. The Kier molecular flexibility index (Phi) is 4.39. The number of hydrogen-bond donors (Lipinski definition) is 2. The van der Waals surface area contributed by atoms with Crippen LogP contribution in [0.5, 0.6) is 0 Å². The lowest BCUT2D eigenvalue weighted by atomic mass is 10.4. The van der Waals surface area contributed by atoms with Crippen LogP contribution < -0.4 is 10.5 Å². The predicted octanol–water partition coefficient (Wildman–Crippen LogP) is 0.563. The lowest BCUT2D eigenvalue weighted by Gasteiger charge is -2.05. The van der Waals surface area contributed by atoms with Gasteiger partial charge in [0.15, 0.2) is 9.84 Å². The van der Waals surface area contributed by atoms with Crippen molar-refractivity contribution in [3.05, 3.63) is 46.2 Å². The van der Waals surface area contributed by atoms with Crippen LogP contribution >= 0.6 is 11.9 Å². The zero-order valence-electron chi connectivity index (χ0n) is 8.16. The molecule has 2 heterocycles. The molecule has 0 unspecified atom stereocenters. The van der Waals surface area contributed by atoms with Crippen molar-refractivity contribution in [2.75, 3.05) is 0 Å². The van der Waals surface area contributed by atoms with Gasteiger partial charge in [0, 0.05) is 10.8 Å². The van der Waals surface area contributed by atoms with Gasteiger partial charge in [-0.15, -0.1) is 0 Å². The minimum absolute atomic E-state index is 0.424. The topological polar surface area (TPSA) is 89.3 Å². The maximum absolute atomic E-state index is 10.4. The monoisotopic (exact) mass is 258 g/mol. The third-order valence-electron chi connectivity index (χ3n) is 1.49. The highest BCUT2D eigenvalue weighted by molar-refractivity contribution is 8.00. The number of sulfone groups is 1. The van der Waals surface area contributed by atoms with Crippen molar-refractivity contribution in [1.29, 1.82) is 0 Å². The van der Waals surface area contributed by atoms with E-state index in [0.717, 1.165) is 10.8 Å². The van der Waals surface area contributed by atoms with Gasteiger partial charge in [-0.2, -0.15) is 0 Å². The van der Waals surface area contributed by atoms with Gasteiger partial charge in [-0.3, -0.25) is 4.79 Å². The summed E-state index contributed by atoms with van der Waals surface area (Å²) in [5.41, 5.74) is 5.40. The van der Waals surface area contributed by atoms with Crippen molar-refractivity contribution in [2.24, 2.45) is 5.73 Å². The van der Waals surface area contributed by atoms with E-state index in [1.165, 1.54) is 24.1 Å². The molecular weight excluding hydrogens is 248 g/mol. The Morgan fingerprint density at radius 3 is 2.12 bits per heavy atom. The summed E-state index contributed by atoms with van der Waals surface area (Å²) < 4.78 is 23.2. The van der Waals surface area contributed by atoms with E-state index in [2.05, 4.69) is 4.72 Å². The van der Waals surface area contributed by atoms with E-state index in [1.807, 2.05) is 5.41 Å². The highest BCUT2D eigenvalue weighted by Gasteiger charge is 2.03. The molecule has 0 aliphatic carbocycles. The van der Waals surface area contributed by atoms with Gasteiger partial charge in [0.25, 0.3) is 5.91 Å². The molecule has 0 fully saturated rings. The molecule has 2 aliphatic rings. The molecule has 86 valence electrons. The van der Waals surface area contributed by atoms with Gasteiger partial charge in [-0.1, -0.05) is 6.08 Å². The second kappa shape index (κ2) is 5.57. The Bertz CT molecular complexity index is 469. The standard InChI is InChI=1S/C5H6N2OS.C4H4O2S/c6-5(8)4-2-1-3-9-7-4;5-7(6)3-1-2-4-7/h1-3,7H,(H2,6,8);1-4H. The quantitative estimate of drug-likeness (QED) is 0.671. The van der Waals surface area contributed by atoms with Crippen LogP contribution in [0.2, 0.25) is 0 Å². The molecule has 0 aromatic rings. The van der Waals surface area contributed by atoms with Crippen molar-refractivity contribution in [3.63, 3.8) is 0 Å². The molecule has 2 rings (SSSR count). The van der Waals surface area contributed by atoms with Gasteiger partial charge in [-0.25, -0.2) is 8.42 Å². The van der Waals surface area contributed by atoms with Crippen LogP contribution in [-0.2, 0) is 14.6 Å². The molecule has 0 saturated heterocycles. The van der Waals surface area contributed by atoms with E-state index < -0.39 is 15.7 Å². The fraction of sp³-hybridized carbons (Fsp3) is 0. The van der Waals surface area contributed by atoms with Crippen LogP contribution in [0.3, 0.4) is 0 Å². The van der Waals surface area contributed by atoms with Gasteiger partial charge in [0.05, 0.1) is 0 Å². The molecule has 0 saturated carbocycles. The number of primary amides is 1. The van der Waals surface area contributed by atoms with Crippen LogP contribution in [-0.4, -0.2) is 14.3 Å². The summed E-state index contributed by atoms with van der Waals surface area (Å²) in [6.45, 7) is 0. The minimum Gasteiger partial charge on any atom is -0.364 e. The van der Waals surface area contributed by atoms with E-state index >= 15 is 0 Å². The van der Waals surface area contributed by atoms with E-state index in [0.29, 0.717) is 5.70 Å². The number of nitrogens with two attached hydrogens (primary N) is 1. The van der Waals surface area contributed by atoms with Crippen molar-refractivity contribution in [3.8, 4) is 0 Å². The van der Waals surface area contributed by atoms with E-state index in [1.54, 1.807) is 12.2 Å². The largest absolute Gasteiger partial charge is 0.364 e. The molecule has 1 amide bonds. The summed E-state index contributed by atoms with van der Waals surface area (Å²) in [7, 11) is -2.91. The van der Waals surface area contributed by atoms with Gasteiger partial charge in [0.2, 0.25) is 0 Å². The van der Waals surface area contributed by atoms with Gasteiger partial charge >= 0.3 is 0 Å². The van der Waals surface area contributed by atoms with Crippen molar-refractivity contribution in [2.45, 2.75) is 0 Å². The zero-order chi connectivity index (χ0) is 12.0. The number of carbonyl (C=O) groups is 1. The molecule has 7 heteroatoms. The molecule has 0 atom stereocenters. The molecule has 0 bridgehead atoms. The first kappa shape index (κ1) is 12.6. The SMILES string of the molecule is NC(=O)C1=CC=CSN1.O=S1(=O)C=CC=C1. The first-order valence-corrected chi connectivity index (χ1v) is 6.68. The summed E-state index contributed by atoms with van der Waals surface area (Å²) in [4.78, 5) is 10.4. The normalized spacial score (nSPS) is 19.4. The number of amides is 1. The Hall–Kier alpha value is -1.47. The molecule has 5 nitrogen and oxygen atoms in total. The fourth-order valence-electron chi connectivity index (χ4n) is 0.794. The molecule has 16 heavy (non-hydrogen) atoms.